The van der Waals surface area contributed by atoms with Crippen LogP contribution >= 0.6 is 0 Å². The van der Waals surface area contributed by atoms with Gasteiger partial charge in [0, 0.05) is 31.5 Å². The van der Waals surface area contributed by atoms with Crippen molar-refractivity contribution in [2.75, 3.05) is 7.11 Å². The third kappa shape index (κ3) is 2.45. The summed E-state index contributed by atoms with van der Waals surface area (Å²) >= 11 is 0. The van der Waals surface area contributed by atoms with Crippen molar-refractivity contribution in [2.24, 2.45) is 7.05 Å². The molecule has 0 fully saturated rings. The number of aryl methyl sites for hydroxylation is 1. The topological polar surface area (TPSA) is 73.5 Å². The molecule has 7 heteroatoms. The zero-order chi connectivity index (χ0) is 14.8. The third-order valence-corrected chi connectivity index (χ3v) is 3.18. The van der Waals surface area contributed by atoms with Crippen molar-refractivity contribution in [3.63, 3.8) is 0 Å². The molecule has 1 N–H and O–H groups in total. The van der Waals surface area contributed by atoms with Gasteiger partial charge in [0.15, 0.2) is 0 Å². The largest absolute Gasteiger partial charge is 0.479 e. The minimum atomic E-state index is -0.227. The van der Waals surface area contributed by atoms with Gasteiger partial charge in [-0.2, -0.15) is 5.10 Å². The molecule has 3 rings (SSSR count). The number of fused-ring (bicyclic) bond motifs is 1. The van der Waals surface area contributed by atoms with Crippen molar-refractivity contribution < 1.29 is 9.53 Å². The van der Waals surface area contributed by atoms with Crippen LogP contribution in [0.4, 0.5) is 0 Å². The van der Waals surface area contributed by atoms with E-state index in [1.165, 1.54) is 7.11 Å². The number of aromatic nitrogens is 4. The zero-order valence-corrected chi connectivity index (χ0v) is 11.8. The SMILES string of the molecule is COc1nn(C)cc1C(=O)NCc1cnn2ccccc12. The molecule has 0 aliphatic heterocycles. The fourth-order valence-electron chi connectivity index (χ4n) is 2.17. The van der Waals surface area contributed by atoms with Crippen LogP contribution in [0, 0.1) is 0 Å². The summed E-state index contributed by atoms with van der Waals surface area (Å²) in [5.74, 6) is 0.0881. The Morgan fingerprint density at radius 1 is 1.43 bits per heavy atom. The number of carbonyl (C=O) groups is 1. The van der Waals surface area contributed by atoms with Gasteiger partial charge in [0.05, 0.1) is 18.8 Å². The molecule has 0 aliphatic rings. The second-order valence-corrected chi connectivity index (χ2v) is 4.61. The first-order chi connectivity index (χ1) is 10.2. The van der Waals surface area contributed by atoms with Crippen molar-refractivity contribution in [3.05, 3.63) is 47.9 Å². The van der Waals surface area contributed by atoms with Gasteiger partial charge < -0.3 is 10.1 Å². The van der Waals surface area contributed by atoms with E-state index in [9.17, 15) is 4.79 Å². The van der Waals surface area contributed by atoms with Crippen molar-refractivity contribution in [2.45, 2.75) is 6.54 Å². The summed E-state index contributed by atoms with van der Waals surface area (Å²) in [6, 6.07) is 5.80. The number of methoxy groups -OCH3 is 1. The second-order valence-electron chi connectivity index (χ2n) is 4.61. The fourth-order valence-corrected chi connectivity index (χ4v) is 2.17. The highest BCUT2D eigenvalue weighted by atomic mass is 16.5. The summed E-state index contributed by atoms with van der Waals surface area (Å²) in [7, 11) is 3.23. The molecule has 0 atom stereocenters. The van der Waals surface area contributed by atoms with Crippen LogP contribution in [0.1, 0.15) is 15.9 Å². The van der Waals surface area contributed by atoms with E-state index < -0.39 is 0 Å². The Bertz CT molecular complexity index is 790. The molecule has 0 spiro atoms. The van der Waals surface area contributed by atoms with Gasteiger partial charge in [-0.1, -0.05) is 6.07 Å². The van der Waals surface area contributed by atoms with Gasteiger partial charge in [-0.3, -0.25) is 9.48 Å². The van der Waals surface area contributed by atoms with Crippen molar-refractivity contribution in [1.29, 1.82) is 0 Å². The summed E-state index contributed by atoms with van der Waals surface area (Å²) in [5.41, 5.74) is 2.33. The Balaban J connectivity index is 1.76. The highest BCUT2D eigenvalue weighted by Crippen LogP contribution is 2.15. The van der Waals surface area contributed by atoms with E-state index in [1.807, 2.05) is 24.4 Å². The molecule has 3 heterocycles. The Hall–Kier alpha value is -2.83. The van der Waals surface area contributed by atoms with E-state index in [4.69, 9.17) is 4.74 Å². The molecule has 108 valence electrons. The normalized spacial score (nSPS) is 10.8. The molecule has 0 saturated carbocycles. The van der Waals surface area contributed by atoms with Crippen LogP contribution in [0.5, 0.6) is 5.88 Å². The lowest BCUT2D eigenvalue weighted by Gasteiger charge is -2.03. The van der Waals surface area contributed by atoms with E-state index in [0.29, 0.717) is 18.0 Å². The van der Waals surface area contributed by atoms with Gasteiger partial charge in [0.2, 0.25) is 5.88 Å². The predicted molar refractivity (Wildman–Crippen MR) is 76.1 cm³/mol. The van der Waals surface area contributed by atoms with E-state index in [0.717, 1.165) is 11.1 Å². The molecule has 1 amide bonds. The number of carbonyl (C=O) groups excluding carboxylic acids is 1. The number of nitrogens with zero attached hydrogens (tertiary/aromatic N) is 4. The summed E-state index contributed by atoms with van der Waals surface area (Å²) in [5, 5.41) is 11.1. The molecule has 3 aromatic rings. The van der Waals surface area contributed by atoms with E-state index >= 15 is 0 Å². The molecule has 0 aliphatic carbocycles. The van der Waals surface area contributed by atoms with Crippen LogP contribution in [-0.4, -0.2) is 32.4 Å². The van der Waals surface area contributed by atoms with E-state index in [1.54, 1.807) is 28.6 Å². The number of hydrogen-bond donors (Lipinski definition) is 1. The van der Waals surface area contributed by atoms with Crippen LogP contribution in [0.2, 0.25) is 0 Å². The van der Waals surface area contributed by atoms with Gasteiger partial charge in [0.25, 0.3) is 5.91 Å². The number of rotatable bonds is 4. The van der Waals surface area contributed by atoms with Gasteiger partial charge >= 0.3 is 0 Å². The molecule has 3 aromatic heterocycles. The lowest BCUT2D eigenvalue weighted by molar-refractivity contribution is 0.0948. The maximum Gasteiger partial charge on any atom is 0.258 e. The van der Waals surface area contributed by atoms with Gasteiger partial charge in [-0.15, -0.1) is 5.10 Å². The lowest BCUT2D eigenvalue weighted by atomic mass is 10.2. The Kier molecular flexibility index (Phi) is 3.31. The first-order valence-electron chi connectivity index (χ1n) is 6.46. The summed E-state index contributed by atoms with van der Waals surface area (Å²) in [6.07, 6.45) is 5.24. The highest BCUT2D eigenvalue weighted by Gasteiger charge is 2.16. The Morgan fingerprint density at radius 3 is 3.10 bits per heavy atom. The van der Waals surface area contributed by atoms with Crippen molar-refractivity contribution in [3.8, 4) is 5.88 Å². The number of nitrogens with one attached hydrogen (secondary N) is 1. The monoisotopic (exact) mass is 285 g/mol. The quantitative estimate of drug-likeness (QED) is 0.776. The number of amides is 1. The van der Waals surface area contributed by atoms with E-state index in [2.05, 4.69) is 15.5 Å². The molecular weight excluding hydrogens is 270 g/mol. The Morgan fingerprint density at radius 2 is 2.29 bits per heavy atom. The summed E-state index contributed by atoms with van der Waals surface area (Å²) < 4.78 is 8.40. The van der Waals surface area contributed by atoms with Gasteiger partial charge in [0.1, 0.15) is 5.56 Å². The van der Waals surface area contributed by atoms with Crippen LogP contribution in [0.15, 0.2) is 36.8 Å². The molecule has 0 aromatic carbocycles. The molecule has 0 saturated heterocycles. The van der Waals surface area contributed by atoms with Crippen LogP contribution in [0.3, 0.4) is 0 Å². The Labute approximate surface area is 121 Å². The fraction of sp³-hybridized carbons (Fsp3) is 0.214. The van der Waals surface area contributed by atoms with E-state index in [-0.39, 0.29) is 5.91 Å². The van der Waals surface area contributed by atoms with Gasteiger partial charge in [-0.05, 0) is 12.1 Å². The van der Waals surface area contributed by atoms with Gasteiger partial charge in [-0.25, -0.2) is 4.52 Å². The lowest BCUT2D eigenvalue weighted by Crippen LogP contribution is -2.22. The van der Waals surface area contributed by atoms with Crippen molar-refractivity contribution >= 4 is 11.4 Å². The smallest absolute Gasteiger partial charge is 0.258 e. The standard InChI is InChI=1S/C14H15N5O2/c1-18-9-11(14(17-18)21-2)13(20)15-7-10-8-16-19-6-4-3-5-12(10)19/h3-6,8-9H,7H2,1-2H3,(H,15,20). The minimum Gasteiger partial charge on any atom is -0.479 e. The molecule has 21 heavy (non-hydrogen) atoms. The molecular formula is C14H15N5O2. The molecule has 7 nitrogen and oxygen atoms in total. The molecule has 0 bridgehead atoms. The van der Waals surface area contributed by atoms with Crippen molar-refractivity contribution in [1.82, 2.24) is 24.7 Å². The first kappa shape index (κ1) is 13.2. The molecule has 0 unspecified atom stereocenters. The highest BCUT2D eigenvalue weighted by molar-refractivity contribution is 5.96. The maximum absolute atomic E-state index is 12.2. The number of pyridine rings is 1. The first-order valence-corrected chi connectivity index (χ1v) is 6.46. The third-order valence-electron chi connectivity index (χ3n) is 3.18. The minimum absolute atomic E-state index is 0.227. The number of hydrogen-bond acceptors (Lipinski definition) is 4. The zero-order valence-electron chi connectivity index (χ0n) is 11.8. The van der Waals surface area contributed by atoms with Crippen LogP contribution in [0.25, 0.3) is 5.52 Å². The summed E-state index contributed by atoms with van der Waals surface area (Å²) in [6.45, 7) is 0.393. The maximum atomic E-state index is 12.2. The average Bonchev–Trinajstić information content (AvgIpc) is 3.08. The van der Waals surface area contributed by atoms with Crippen LogP contribution < -0.4 is 10.1 Å². The number of ether oxygens (including phenoxy) is 1. The predicted octanol–water partition coefficient (Wildman–Crippen LogP) is 1.01. The molecule has 0 radical (unpaired) electrons. The second kappa shape index (κ2) is 5.28. The average molecular weight is 285 g/mol. The van der Waals surface area contributed by atoms with Crippen LogP contribution in [-0.2, 0) is 13.6 Å². The summed E-state index contributed by atoms with van der Waals surface area (Å²) in [4.78, 5) is 12.2.